The van der Waals surface area contributed by atoms with Crippen LogP contribution in [-0.4, -0.2) is 15.5 Å². The number of anilines is 1. The van der Waals surface area contributed by atoms with Crippen LogP contribution in [0.3, 0.4) is 0 Å². The standard InChI is InChI=1S/C23H17N3O2/c27-22-11-5-7-13-26(22)20-15-17(21-10-4-6-12-24-21)14-18(16-20)23(28)25-19-8-2-1-3-9-19/h1-16H,(H,25,28). The Balaban J connectivity index is 1.81. The average molecular weight is 367 g/mol. The predicted octanol–water partition coefficient (Wildman–Crippen LogP) is 4.15. The molecule has 28 heavy (non-hydrogen) atoms. The van der Waals surface area contributed by atoms with Crippen LogP contribution in [0.4, 0.5) is 5.69 Å². The molecular formula is C23H17N3O2. The fourth-order valence-corrected chi connectivity index (χ4v) is 2.93. The van der Waals surface area contributed by atoms with Crippen LogP contribution in [0.15, 0.2) is 102 Å². The van der Waals surface area contributed by atoms with Gasteiger partial charge in [-0.05, 0) is 48.5 Å². The molecule has 2 aromatic carbocycles. The van der Waals surface area contributed by atoms with Crippen molar-refractivity contribution in [1.82, 2.24) is 9.55 Å². The molecule has 1 N–H and O–H groups in total. The van der Waals surface area contributed by atoms with Crippen molar-refractivity contribution >= 4 is 11.6 Å². The van der Waals surface area contributed by atoms with Crippen LogP contribution in [0.25, 0.3) is 16.9 Å². The van der Waals surface area contributed by atoms with Crippen molar-refractivity contribution in [2.45, 2.75) is 0 Å². The molecule has 5 nitrogen and oxygen atoms in total. The maximum Gasteiger partial charge on any atom is 0.255 e. The summed E-state index contributed by atoms with van der Waals surface area (Å²) < 4.78 is 1.51. The Bertz CT molecular complexity index is 1170. The minimum absolute atomic E-state index is 0.171. The highest BCUT2D eigenvalue weighted by molar-refractivity contribution is 6.05. The number of amides is 1. The van der Waals surface area contributed by atoms with Crippen LogP contribution >= 0.6 is 0 Å². The predicted molar refractivity (Wildman–Crippen MR) is 110 cm³/mol. The number of carbonyl (C=O) groups excluding carboxylic acids is 1. The highest BCUT2D eigenvalue weighted by Gasteiger charge is 2.12. The first kappa shape index (κ1) is 17.4. The van der Waals surface area contributed by atoms with E-state index >= 15 is 0 Å². The number of benzene rings is 2. The van der Waals surface area contributed by atoms with Gasteiger partial charge in [-0.25, -0.2) is 0 Å². The van der Waals surface area contributed by atoms with E-state index in [1.54, 1.807) is 36.7 Å². The van der Waals surface area contributed by atoms with Gasteiger partial charge in [0.2, 0.25) is 0 Å². The van der Waals surface area contributed by atoms with E-state index in [2.05, 4.69) is 10.3 Å². The molecule has 0 atom stereocenters. The fourth-order valence-electron chi connectivity index (χ4n) is 2.93. The third-order valence-electron chi connectivity index (χ3n) is 4.27. The molecule has 0 saturated carbocycles. The summed E-state index contributed by atoms with van der Waals surface area (Å²) in [5.74, 6) is -0.255. The maximum absolute atomic E-state index is 12.8. The van der Waals surface area contributed by atoms with E-state index in [-0.39, 0.29) is 11.5 Å². The summed E-state index contributed by atoms with van der Waals surface area (Å²) in [6, 6.07) is 25.1. The first-order valence-electron chi connectivity index (χ1n) is 8.82. The monoisotopic (exact) mass is 367 g/mol. The molecule has 0 spiro atoms. The van der Waals surface area contributed by atoms with Gasteiger partial charge in [0, 0.05) is 35.3 Å². The van der Waals surface area contributed by atoms with E-state index in [1.165, 1.54) is 10.6 Å². The normalized spacial score (nSPS) is 10.4. The van der Waals surface area contributed by atoms with Gasteiger partial charge in [-0.15, -0.1) is 0 Å². The summed E-state index contributed by atoms with van der Waals surface area (Å²) in [7, 11) is 0. The van der Waals surface area contributed by atoms with Crippen molar-refractivity contribution in [2.24, 2.45) is 0 Å². The number of nitrogens with one attached hydrogen (secondary N) is 1. The van der Waals surface area contributed by atoms with Crippen LogP contribution in [-0.2, 0) is 0 Å². The zero-order valence-corrected chi connectivity index (χ0v) is 14.9. The van der Waals surface area contributed by atoms with E-state index < -0.39 is 0 Å². The van der Waals surface area contributed by atoms with Gasteiger partial charge in [-0.2, -0.15) is 0 Å². The molecule has 0 aliphatic rings. The second-order valence-electron chi connectivity index (χ2n) is 6.21. The van der Waals surface area contributed by atoms with Crippen LogP contribution in [0.2, 0.25) is 0 Å². The summed E-state index contributed by atoms with van der Waals surface area (Å²) in [6.45, 7) is 0. The van der Waals surface area contributed by atoms with Gasteiger partial charge in [0.25, 0.3) is 11.5 Å². The molecular weight excluding hydrogens is 350 g/mol. The molecule has 0 unspecified atom stereocenters. The number of rotatable bonds is 4. The van der Waals surface area contributed by atoms with E-state index in [0.717, 1.165) is 11.3 Å². The van der Waals surface area contributed by atoms with Gasteiger partial charge >= 0.3 is 0 Å². The van der Waals surface area contributed by atoms with E-state index in [1.807, 2.05) is 54.6 Å². The SMILES string of the molecule is O=C(Nc1ccccc1)c1cc(-c2ccccn2)cc(-n2ccccc2=O)c1. The molecule has 0 fully saturated rings. The van der Waals surface area contributed by atoms with Gasteiger partial charge in [-0.1, -0.05) is 30.3 Å². The third kappa shape index (κ3) is 3.73. The van der Waals surface area contributed by atoms with Crippen molar-refractivity contribution in [3.63, 3.8) is 0 Å². The third-order valence-corrected chi connectivity index (χ3v) is 4.27. The Hall–Kier alpha value is -3.99. The van der Waals surface area contributed by atoms with E-state index in [0.29, 0.717) is 16.9 Å². The molecule has 0 bridgehead atoms. The summed E-state index contributed by atoms with van der Waals surface area (Å²) in [4.78, 5) is 29.5. The number of pyridine rings is 2. The topological polar surface area (TPSA) is 64.0 Å². The van der Waals surface area contributed by atoms with Crippen LogP contribution < -0.4 is 10.9 Å². The molecule has 0 saturated heterocycles. The number of carbonyl (C=O) groups is 1. The van der Waals surface area contributed by atoms with Gasteiger partial charge in [0.05, 0.1) is 11.4 Å². The Kier molecular flexibility index (Phi) is 4.80. The minimum atomic E-state index is -0.255. The highest BCUT2D eigenvalue weighted by Crippen LogP contribution is 2.23. The molecule has 4 rings (SSSR count). The zero-order valence-electron chi connectivity index (χ0n) is 14.9. The highest BCUT2D eigenvalue weighted by atomic mass is 16.1. The van der Waals surface area contributed by atoms with Crippen molar-refractivity contribution in [1.29, 1.82) is 0 Å². The number of aromatic nitrogens is 2. The molecule has 5 heteroatoms. The van der Waals surface area contributed by atoms with Crippen molar-refractivity contribution in [3.05, 3.63) is 113 Å². The van der Waals surface area contributed by atoms with Crippen molar-refractivity contribution in [2.75, 3.05) is 5.32 Å². The summed E-state index contributed by atoms with van der Waals surface area (Å²) in [5.41, 5.74) is 3.06. The quantitative estimate of drug-likeness (QED) is 0.589. The second kappa shape index (κ2) is 7.72. The fraction of sp³-hybridized carbons (Fsp3) is 0. The maximum atomic E-state index is 12.8. The summed E-state index contributed by atoms with van der Waals surface area (Å²) in [5, 5.41) is 2.88. The zero-order chi connectivity index (χ0) is 19.3. The summed E-state index contributed by atoms with van der Waals surface area (Å²) >= 11 is 0. The lowest BCUT2D eigenvalue weighted by molar-refractivity contribution is 0.102. The smallest absolute Gasteiger partial charge is 0.255 e. The van der Waals surface area contributed by atoms with E-state index in [9.17, 15) is 9.59 Å². The number of hydrogen-bond donors (Lipinski definition) is 1. The molecule has 0 aliphatic heterocycles. The summed E-state index contributed by atoms with van der Waals surface area (Å²) in [6.07, 6.45) is 3.37. The lowest BCUT2D eigenvalue weighted by Gasteiger charge is -2.12. The van der Waals surface area contributed by atoms with Crippen LogP contribution in [0, 0.1) is 0 Å². The number of para-hydroxylation sites is 1. The van der Waals surface area contributed by atoms with Crippen LogP contribution in [0.5, 0.6) is 0 Å². The molecule has 2 aromatic heterocycles. The Morgan fingerprint density at radius 1 is 0.857 bits per heavy atom. The largest absolute Gasteiger partial charge is 0.322 e. The van der Waals surface area contributed by atoms with Gasteiger partial charge in [0.1, 0.15) is 0 Å². The van der Waals surface area contributed by atoms with Gasteiger partial charge < -0.3 is 5.32 Å². The Morgan fingerprint density at radius 3 is 2.39 bits per heavy atom. The molecule has 136 valence electrons. The number of nitrogens with zero attached hydrogens (tertiary/aromatic N) is 2. The molecule has 0 radical (unpaired) electrons. The first-order valence-corrected chi connectivity index (χ1v) is 8.82. The molecule has 0 aliphatic carbocycles. The van der Waals surface area contributed by atoms with Crippen LogP contribution in [0.1, 0.15) is 10.4 Å². The first-order chi connectivity index (χ1) is 13.7. The minimum Gasteiger partial charge on any atom is -0.322 e. The van der Waals surface area contributed by atoms with Crippen molar-refractivity contribution < 1.29 is 4.79 Å². The Morgan fingerprint density at radius 2 is 1.64 bits per heavy atom. The molecule has 1 amide bonds. The Labute approximate surface area is 161 Å². The molecule has 4 aromatic rings. The molecule has 2 heterocycles. The average Bonchev–Trinajstić information content (AvgIpc) is 2.75. The number of hydrogen-bond acceptors (Lipinski definition) is 3. The van der Waals surface area contributed by atoms with Gasteiger partial charge in [0.15, 0.2) is 0 Å². The second-order valence-corrected chi connectivity index (χ2v) is 6.21. The lowest BCUT2D eigenvalue weighted by Crippen LogP contribution is -2.17. The van der Waals surface area contributed by atoms with E-state index in [4.69, 9.17) is 0 Å². The van der Waals surface area contributed by atoms with Crippen molar-refractivity contribution in [3.8, 4) is 16.9 Å². The lowest BCUT2D eigenvalue weighted by atomic mass is 10.0. The van der Waals surface area contributed by atoms with Gasteiger partial charge in [-0.3, -0.25) is 19.1 Å².